The summed E-state index contributed by atoms with van der Waals surface area (Å²) < 4.78 is 0.940. The third-order valence-electron chi connectivity index (χ3n) is 1.60. The summed E-state index contributed by atoms with van der Waals surface area (Å²) >= 11 is 4.84. The Morgan fingerprint density at radius 2 is 2.50 bits per heavy atom. The molecular weight excluding hydrogens is 242 g/mol. The first-order valence-corrected chi connectivity index (χ1v) is 4.90. The third kappa shape index (κ3) is 1.13. The van der Waals surface area contributed by atoms with Crippen LogP contribution in [-0.4, -0.2) is 22.8 Å². The summed E-state index contributed by atoms with van der Waals surface area (Å²) in [6.45, 7) is 0. The minimum absolute atomic E-state index is 0.0823. The maximum atomic E-state index is 10.5. The molecule has 0 radical (unpaired) electrons. The molecule has 0 aliphatic carbocycles. The average molecular weight is 246 g/mol. The van der Waals surface area contributed by atoms with Crippen LogP contribution < -0.4 is 0 Å². The number of rotatable bonds is 1. The minimum atomic E-state index is -0.960. The average Bonchev–Trinajstić information content (AvgIpc) is 2.53. The van der Waals surface area contributed by atoms with Gasteiger partial charge in [-0.05, 0) is 11.5 Å². The molecule has 1 atom stereocenters. The number of nitrogens with zero attached hydrogens (tertiary/aromatic N) is 1. The smallest absolute Gasteiger partial charge is 0.354 e. The van der Waals surface area contributed by atoms with Crippen LogP contribution >= 0.6 is 27.7 Å². The van der Waals surface area contributed by atoms with Crippen LogP contribution in [0.3, 0.4) is 0 Å². The molecule has 1 unspecified atom stereocenters. The van der Waals surface area contributed by atoms with Gasteiger partial charge in [0, 0.05) is 9.39 Å². The molecule has 0 aromatic carbocycles. The number of thioether (sulfide) groups is 1. The highest BCUT2D eigenvalue weighted by molar-refractivity contribution is 9.11. The Kier molecular flexibility index (Phi) is 1.84. The molecule has 0 spiro atoms. The molecule has 62 valence electrons. The van der Waals surface area contributed by atoms with Gasteiger partial charge in [-0.1, -0.05) is 27.7 Å². The molecule has 1 N–H and O–H groups in total. The van der Waals surface area contributed by atoms with Gasteiger partial charge in [0.05, 0.1) is 0 Å². The summed E-state index contributed by atoms with van der Waals surface area (Å²) in [5.74, 6) is -0.960. The van der Waals surface area contributed by atoms with Crippen molar-refractivity contribution in [3.05, 3.63) is 20.9 Å². The molecule has 0 aromatic rings. The van der Waals surface area contributed by atoms with Gasteiger partial charge in [-0.15, -0.1) is 0 Å². The van der Waals surface area contributed by atoms with Crippen LogP contribution in [0.1, 0.15) is 0 Å². The Morgan fingerprint density at radius 1 is 1.75 bits per heavy atom. The summed E-state index contributed by atoms with van der Waals surface area (Å²) in [5, 5.41) is 10.6. The van der Waals surface area contributed by atoms with Crippen LogP contribution in [0, 0.1) is 0 Å². The predicted molar refractivity (Wildman–Crippen MR) is 51.5 cm³/mol. The summed E-state index contributed by atoms with van der Waals surface area (Å²) in [6.07, 6.45) is 1.61. The molecule has 0 saturated heterocycles. The Balaban J connectivity index is 2.33. The lowest BCUT2D eigenvalue weighted by Crippen LogP contribution is -2.08. The number of carboxylic acid groups (broad SMARTS) is 1. The fourth-order valence-electron chi connectivity index (χ4n) is 1.06. The number of aliphatic imine (C=N–C) groups is 1. The van der Waals surface area contributed by atoms with Gasteiger partial charge in [0.2, 0.25) is 0 Å². The number of hydrogen-bond acceptors (Lipinski definition) is 3. The van der Waals surface area contributed by atoms with E-state index >= 15 is 0 Å². The highest BCUT2D eigenvalue weighted by Crippen LogP contribution is 2.41. The van der Waals surface area contributed by atoms with Crippen LogP contribution in [0.25, 0.3) is 0 Å². The first kappa shape index (κ1) is 8.07. The Labute approximate surface area is 81.4 Å². The zero-order valence-corrected chi connectivity index (χ0v) is 8.22. The number of fused-ring (bicyclic) bond motifs is 1. The second-order valence-electron chi connectivity index (χ2n) is 2.39. The van der Waals surface area contributed by atoms with Gasteiger partial charge in [0.1, 0.15) is 11.8 Å². The van der Waals surface area contributed by atoms with E-state index in [1.165, 1.54) is 11.8 Å². The first-order valence-electron chi connectivity index (χ1n) is 3.23. The van der Waals surface area contributed by atoms with Crippen LogP contribution in [0.5, 0.6) is 0 Å². The van der Waals surface area contributed by atoms with Gasteiger partial charge < -0.3 is 5.11 Å². The van der Waals surface area contributed by atoms with Crippen molar-refractivity contribution in [1.29, 1.82) is 0 Å². The lowest BCUT2D eigenvalue weighted by Gasteiger charge is -1.98. The largest absolute Gasteiger partial charge is 0.477 e. The summed E-state index contributed by atoms with van der Waals surface area (Å²) in [7, 11) is 0. The molecule has 2 rings (SSSR count). The van der Waals surface area contributed by atoms with E-state index in [9.17, 15) is 4.79 Å². The molecule has 12 heavy (non-hydrogen) atoms. The molecule has 2 aliphatic rings. The van der Waals surface area contributed by atoms with Gasteiger partial charge in [0.25, 0.3) is 0 Å². The predicted octanol–water partition coefficient (Wildman–Crippen LogP) is 1.76. The van der Waals surface area contributed by atoms with E-state index in [0.29, 0.717) is 0 Å². The molecule has 0 fully saturated rings. The Bertz CT molecular complexity index is 345. The summed E-state index contributed by atoms with van der Waals surface area (Å²) in [6, 6.07) is -0.0823. The first-order chi connectivity index (χ1) is 5.68. The van der Waals surface area contributed by atoms with E-state index in [0.717, 1.165) is 9.39 Å². The van der Waals surface area contributed by atoms with Crippen LogP contribution in [0.2, 0.25) is 0 Å². The number of carbonyl (C=O) groups is 1. The molecule has 3 nitrogen and oxygen atoms in total. The fourth-order valence-corrected chi connectivity index (χ4v) is 2.70. The number of hydrogen-bond donors (Lipinski definition) is 1. The van der Waals surface area contributed by atoms with E-state index in [4.69, 9.17) is 5.11 Å². The molecule has 2 aliphatic heterocycles. The second-order valence-corrected chi connectivity index (χ2v) is 4.25. The van der Waals surface area contributed by atoms with Crippen molar-refractivity contribution in [2.45, 2.75) is 6.04 Å². The standard InChI is InChI=1S/C7H4BrNO2S/c8-3-2-12-5-1-4(7(10)11)9-6(3)5/h1-2,6H,(H,10,11). The number of halogens is 1. The second kappa shape index (κ2) is 2.74. The van der Waals surface area contributed by atoms with Crippen molar-refractivity contribution >= 4 is 39.4 Å². The molecule has 0 aromatic heterocycles. The van der Waals surface area contributed by atoms with E-state index in [1.807, 2.05) is 5.41 Å². The third-order valence-corrected chi connectivity index (χ3v) is 3.56. The van der Waals surface area contributed by atoms with E-state index in [-0.39, 0.29) is 11.8 Å². The minimum Gasteiger partial charge on any atom is -0.477 e. The monoisotopic (exact) mass is 245 g/mol. The van der Waals surface area contributed by atoms with E-state index in [2.05, 4.69) is 20.9 Å². The number of carboxylic acids is 1. The number of aliphatic carboxylic acids is 1. The molecule has 0 saturated carbocycles. The molecule has 5 heteroatoms. The highest BCUT2D eigenvalue weighted by Gasteiger charge is 2.29. The normalized spacial score (nSPS) is 26.1. The van der Waals surface area contributed by atoms with Crippen molar-refractivity contribution in [3.63, 3.8) is 0 Å². The fraction of sp³-hybridized carbons (Fsp3) is 0.143. The zero-order valence-electron chi connectivity index (χ0n) is 5.82. The topological polar surface area (TPSA) is 49.7 Å². The zero-order chi connectivity index (χ0) is 8.72. The highest BCUT2D eigenvalue weighted by atomic mass is 79.9. The van der Waals surface area contributed by atoms with Gasteiger partial charge in [-0.2, -0.15) is 0 Å². The van der Waals surface area contributed by atoms with E-state index in [1.54, 1.807) is 6.08 Å². The van der Waals surface area contributed by atoms with Crippen molar-refractivity contribution in [1.82, 2.24) is 0 Å². The van der Waals surface area contributed by atoms with Crippen LogP contribution in [0.15, 0.2) is 25.9 Å². The van der Waals surface area contributed by atoms with Crippen LogP contribution in [0.4, 0.5) is 0 Å². The van der Waals surface area contributed by atoms with Crippen LogP contribution in [-0.2, 0) is 4.79 Å². The van der Waals surface area contributed by atoms with Crippen molar-refractivity contribution in [2.24, 2.45) is 4.99 Å². The van der Waals surface area contributed by atoms with Gasteiger partial charge in [-0.3, -0.25) is 4.99 Å². The van der Waals surface area contributed by atoms with Crippen molar-refractivity contribution < 1.29 is 9.90 Å². The lowest BCUT2D eigenvalue weighted by atomic mass is 10.3. The van der Waals surface area contributed by atoms with Gasteiger partial charge in [-0.25, -0.2) is 4.79 Å². The maximum absolute atomic E-state index is 10.5. The lowest BCUT2D eigenvalue weighted by molar-refractivity contribution is -0.129. The molecule has 0 amide bonds. The van der Waals surface area contributed by atoms with E-state index < -0.39 is 5.97 Å². The summed E-state index contributed by atoms with van der Waals surface area (Å²) in [4.78, 5) is 15.5. The maximum Gasteiger partial charge on any atom is 0.354 e. The van der Waals surface area contributed by atoms with Crippen molar-refractivity contribution in [2.75, 3.05) is 0 Å². The Morgan fingerprint density at radius 3 is 3.08 bits per heavy atom. The summed E-state index contributed by atoms with van der Waals surface area (Å²) in [5.41, 5.74) is 0.146. The SMILES string of the molecule is O=C(O)C1=NC2C(Br)=CSC2=C1. The van der Waals surface area contributed by atoms with Crippen molar-refractivity contribution in [3.8, 4) is 0 Å². The molecular formula is C7H4BrNO2S. The quantitative estimate of drug-likeness (QED) is 0.766. The van der Waals surface area contributed by atoms with Gasteiger partial charge >= 0.3 is 5.97 Å². The molecule has 0 bridgehead atoms. The van der Waals surface area contributed by atoms with Gasteiger partial charge in [0.15, 0.2) is 0 Å². The molecule has 2 heterocycles. The Hall–Kier alpha value is -0.550.